The van der Waals surface area contributed by atoms with E-state index in [1.807, 2.05) is 79.7 Å². The Balaban J connectivity index is 1.52. The number of fused-ring (bicyclic) bond motifs is 2. The van der Waals surface area contributed by atoms with Gasteiger partial charge in [-0.1, -0.05) is 77.6 Å². The number of aromatic nitrogens is 1. The van der Waals surface area contributed by atoms with Gasteiger partial charge in [0, 0.05) is 15.4 Å². The monoisotopic (exact) mass is 505 g/mol. The van der Waals surface area contributed by atoms with Crippen molar-refractivity contribution in [2.75, 3.05) is 16.4 Å². The Morgan fingerprint density at radius 2 is 1.53 bits per heavy atom. The van der Waals surface area contributed by atoms with Gasteiger partial charge in [-0.15, -0.1) is 0 Å². The molecule has 0 saturated heterocycles. The van der Waals surface area contributed by atoms with Crippen LogP contribution in [0, 0.1) is 29.6 Å². The van der Waals surface area contributed by atoms with Gasteiger partial charge in [0.05, 0.1) is 22.7 Å². The predicted octanol–water partition coefficient (Wildman–Crippen LogP) is 6.30. The Morgan fingerprint density at radius 3 is 2.11 bits per heavy atom. The van der Waals surface area contributed by atoms with Crippen LogP contribution >= 0.6 is 23.5 Å². The van der Waals surface area contributed by atoms with Crippen molar-refractivity contribution in [2.45, 2.75) is 21.7 Å². The highest BCUT2D eigenvalue weighted by Crippen LogP contribution is 2.48. The van der Waals surface area contributed by atoms with E-state index in [1.54, 1.807) is 16.7 Å². The quantitative estimate of drug-likeness (QED) is 0.324. The van der Waals surface area contributed by atoms with Crippen LogP contribution in [0.2, 0.25) is 0 Å². The number of rotatable bonds is 4. The average Bonchev–Trinajstić information content (AvgIpc) is 2.90. The fourth-order valence-corrected chi connectivity index (χ4v) is 5.98. The molecule has 174 valence electrons. The summed E-state index contributed by atoms with van der Waals surface area (Å²) < 4.78 is 0. The highest BCUT2D eigenvalue weighted by Gasteiger charge is 2.28. The number of hydrogen-bond donors (Lipinski definition) is 1. The number of nitriles is 2. The van der Waals surface area contributed by atoms with Gasteiger partial charge >= 0.3 is 0 Å². The van der Waals surface area contributed by atoms with E-state index in [-0.39, 0.29) is 28.6 Å². The number of nitrogen functional groups attached to an aromatic ring is 1. The minimum absolute atomic E-state index is 0.0343. The van der Waals surface area contributed by atoms with Crippen LogP contribution in [0.4, 0.5) is 17.2 Å². The fourth-order valence-electron chi connectivity index (χ4n) is 4.08. The molecule has 0 aliphatic carbocycles. The largest absolute Gasteiger partial charge is 0.383 e. The minimum Gasteiger partial charge on any atom is -0.383 e. The maximum absolute atomic E-state index is 13.6. The third-order valence-corrected chi connectivity index (χ3v) is 7.86. The second-order valence-electron chi connectivity index (χ2n) is 8.07. The lowest BCUT2D eigenvalue weighted by Gasteiger charge is -2.31. The summed E-state index contributed by atoms with van der Waals surface area (Å²) in [5, 5.41) is 20.1. The van der Waals surface area contributed by atoms with Gasteiger partial charge in [-0.2, -0.15) is 10.5 Å². The normalized spacial score (nSPS) is 11.7. The smallest absolute Gasteiger partial charge is 0.242 e. The Hall–Kier alpha value is -4.24. The van der Waals surface area contributed by atoms with Crippen molar-refractivity contribution in [3.63, 3.8) is 0 Å². The van der Waals surface area contributed by atoms with Gasteiger partial charge in [0.15, 0.2) is 0 Å². The Morgan fingerprint density at radius 1 is 0.944 bits per heavy atom. The van der Waals surface area contributed by atoms with E-state index in [4.69, 9.17) is 5.73 Å². The Labute approximate surface area is 217 Å². The van der Waals surface area contributed by atoms with Crippen molar-refractivity contribution in [1.29, 1.82) is 10.5 Å². The molecule has 5 rings (SSSR count). The van der Waals surface area contributed by atoms with Crippen molar-refractivity contribution in [1.82, 2.24) is 4.98 Å². The van der Waals surface area contributed by atoms with Gasteiger partial charge < -0.3 is 5.73 Å². The molecular weight excluding hydrogens is 486 g/mol. The molecule has 1 aliphatic heterocycles. The van der Waals surface area contributed by atoms with Gasteiger partial charge in [-0.3, -0.25) is 9.69 Å². The zero-order valence-electron chi connectivity index (χ0n) is 19.2. The topological polar surface area (TPSA) is 107 Å². The highest BCUT2D eigenvalue weighted by atomic mass is 32.2. The molecule has 8 heteroatoms. The molecule has 0 unspecified atom stereocenters. The first-order valence-corrected chi connectivity index (χ1v) is 12.8. The molecule has 0 fully saturated rings. The summed E-state index contributed by atoms with van der Waals surface area (Å²) >= 11 is 2.77. The van der Waals surface area contributed by atoms with E-state index < -0.39 is 0 Å². The number of pyridine rings is 1. The van der Waals surface area contributed by atoms with Gasteiger partial charge in [0.1, 0.15) is 28.5 Å². The lowest BCUT2D eigenvalue weighted by Crippen LogP contribution is -2.30. The third-order valence-electron chi connectivity index (χ3n) is 5.77. The number of nitrogens with two attached hydrogens (primary N) is 1. The third kappa shape index (κ3) is 4.18. The van der Waals surface area contributed by atoms with E-state index in [0.29, 0.717) is 16.2 Å². The number of nitrogens with zero attached hydrogens (tertiary/aromatic N) is 4. The standard InChI is InChI=1S/C28H19N5OS2/c1-17-10-12-18(13-11-17)26-19(14-29)27(31)32-28(20(26)15-30)35-16-25(34)33-21-6-2-4-8-23(21)36-24-9-5-3-7-22(24)33/h2-13H,16H2,1H3,(H2,31,32). The van der Waals surface area contributed by atoms with Crippen molar-refractivity contribution in [2.24, 2.45) is 0 Å². The van der Waals surface area contributed by atoms with E-state index in [9.17, 15) is 15.3 Å². The van der Waals surface area contributed by atoms with Crippen molar-refractivity contribution < 1.29 is 4.79 Å². The number of carbonyl (C=O) groups excluding carboxylic acids is 1. The minimum atomic E-state index is -0.147. The van der Waals surface area contributed by atoms with E-state index >= 15 is 0 Å². The molecule has 36 heavy (non-hydrogen) atoms. The predicted molar refractivity (Wildman–Crippen MR) is 143 cm³/mol. The summed E-state index contributed by atoms with van der Waals surface area (Å²) in [6.07, 6.45) is 0. The van der Waals surface area contributed by atoms with Crippen molar-refractivity contribution in [3.8, 4) is 23.3 Å². The number of benzene rings is 3. The first kappa shape index (κ1) is 23.5. The molecular formula is C28H19N5OS2. The number of thioether (sulfide) groups is 1. The van der Waals surface area contributed by atoms with Crippen molar-refractivity contribution in [3.05, 3.63) is 89.5 Å². The zero-order valence-corrected chi connectivity index (χ0v) is 20.9. The molecule has 1 aromatic heterocycles. The van der Waals surface area contributed by atoms with E-state index in [2.05, 4.69) is 17.1 Å². The van der Waals surface area contributed by atoms with Gasteiger partial charge in [0.2, 0.25) is 5.91 Å². The fraction of sp³-hybridized carbons (Fsp3) is 0.0714. The van der Waals surface area contributed by atoms with Crippen LogP contribution in [-0.4, -0.2) is 16.6 Å². The molecule has 0 radical (unpaired) electrons. The van der Waals surface area contributed by atoms with Gasteiger partial charge in [-0.05, 0) is 36.8 Å². The van der Waals surface area contributed by atoms with Crippen LogP contribution in [0.15, 0.2) is 87.6 Å². The average molecular weight is 506 g/mol. The number of aryl methyl sites for hydroxylation is 1. The molecule has 2 N–H and O–H groups in total. The van der Waals surface area contributed by atoms with Gasteiger partial charge in [0.25, 0.3) is 0 Å². The summed E-state index contributed by atoms with van der Waals surface area (Å²) in [6, 6.07) is 27.4. The SMILES string of the molecule is Cc1ccc(-c2c(C#N)c(N)nc(SCC(=O)N3c4ccccc4Sc4ccccc43)c2C#N)cc1. The summed E-state index contributed by atoms with van der Waals surface area (Å²) in [6.45, 7) is 1.96. The molecule has 3 aromatic carbocycles. The summed E-state index contributed by atoms with van der Waals surface area (Å²) in [7, 11) is 0. The van der Waals surface area contributed by atoms with Crippen LogP contribution in [0.3, 0.4) is 0 Å². The van der Waals surface area contributed by atoms with Crippen LogP contribution in [-0.2, 0) is 4.79 Å². The molecule has 1 amide bonds. The van der Waals surface area contributed by atoms with Gasteiger partial charge in [-0.25, -0.2) is 4.98 Å². The van der Waals surface area contributed by atoms with E-state index in [1.165, 1.54) is 0 Å². The van der Waals surface area contributed by atoms with Crippen LogP contribution < -0.4 is 10.6 Å². The number of para-hydroxylation sites is 2. The number of carbonyl (C=O) groups is 1. The van der Waals surface area contributed by atoms with Crippen LogP contribution in [0.5, 0.6) is 0 Å². The van der Waals surface area contributed by atoms with Crippen molar-refractivity contribution >= 4 is 46.6 Å². The molecule has 2 heterocycles. The summed E-state index contributed by atoms with van der Waals surface area (Å²) in [5.74, 6) is -0.0777. The molecule has 4 aromatic rings. The molecule has 0 saturated carbocycles. The highest BCUT2D eigenvalue weighted by molar-refractivity contribution is 8.00. The maximum atomic E-state index is 13.6. The van der Waals surface area contributed by atoms with Crippen LogP contribution in [0.25, 0.3) is 11.1 Å². The number of hydrogen-bond acceptors (Lipinski definition) is 7. The lowest BCUT2D eigenvalue weighted by atomic mass is 9.96. The zero-order chi connectivity index (χ0) is 25.2. The molecule has 0 bridgehead atoms. The number of anilines is 3. The van der Waals surface area contributed by atoms with E-state index in [0.717, 1.165) is 38.5 Å². The first-order valence-electron chi connectivity index (χ1n) is 11.0. The molecule has 0 spiro atoms. The second-order valence-corrected chi connectivity index (χ2v) is 10.1. The Kier molecular flexibility index (Phi) is 6.39. The summed E-state index contributed by atoms with van der Waals surface area (Å²) in [4.78, 5) is 21.7. The maximum Gasteiger partial charge on any atom is 0.242 e. The Bertz CT molecular complexity index is 1540. The molecule has 1 aliphatic rings. The first-order chi connectivity index (χ1) is 17.5. The summed E-state index contributed by atoms with van der Waals surface area (Å²) in [5.41, 5.74) is 10.4. The lowest BCUT2D eigenvalue weighted by molar-refractivity contribution is -0.115. The second kappa shape index (κ2) is 9.79. The molecule has 0 atom stereocenters. The van der Waals surface area contributed by atoms with Crippen LogP contribution in [0.1, 0.15) is 16.7 Å². The number of amides is 1. The molecule has 6 nitrogen and oxygen atoms in total.